The Morgan fingerprint density at radius 1 is 1.00 bits per heavy atom. The zero-order chi connectivity index (χ0) is 19.8. The molecule has 2 amide bonds. The van der Waals surface area contributed by atoms with Crippen molar-refractivity contribution in [2.45, 2.75) is 25.7 Å². The second kappa shape index (κ2) is 9.80. The number of carbonyl (C=O) groups excluding carboxylic acids is 2. The third-order valence-electron chi connectivity index (χ3n) is 3.92. The number of hydrogen-bond acceptors (Lipinski definition) is 5. The van der Waals surface area contributed by atoms with Crippen molar-refractivity contribution in [1.82, 2.24) is 15.8 Å². The summed E-state index contributed by atoms with van der Waals surface area (Å²) in [5.74, 6) is -1.42. The van der Waals surface area contributed by atoms with E-state index in [2.05, 4.69) is 15.8 Å². The van der Waals surface area contributed by atoms with E-state index in [1.807, 2.05) is 24.3 Å². The molecule has 2 aromatic carbocycles. The molecule has 2 N–H and O–H groups in total. The molecule has 1 aromatic heterocycles. The molecule has 3 rings (SSSR count). The van der Waals surface area contributed by atoms with Gasteiger partial charge in [0.2, 0.25) is 5.91 Å². The van der Waals surface area contributed by atoms with Gasteiger partial charge in [0, 0.05) is 6.42 Å². The molecule has 0 spiro atoms. The van der Waals surface area contributed by atoms with Crippen molar-refractivity contribution in [1.29, 1.82) is 0 Å². The fraction of sp³-hybridized carbons (Fsp3) is 0.250. The Hall–Kier alpha value is -3.00. The molecule has 0 aliphatic rings. The third kappa shape index (κ3) is 5.75. The molecule has 6 nitrogen and oxygen atoms in total. The van der Waals surface area contributed by atoms with E-state index >= 15 is 0 Å². The first-order valence-electron chi connectivity index (χ1n) is 8.91. The van der Waals surface area contributed by atoms with Gasteiger partial charge in [-0.25, -0.2) is 9.37 Å². The number of carbonyl (C=O) groups is 2. The fourth-order valence-corrected chi connectivity index (χ4v) is 3.54. The monoisotopic (exact) mass is 401 g/mol. The normalized spacial score (nSPS) is 10.6. The lowest BCUT2D eigenvalue weighted by atomic mass is 10.2. The van der Waals surface area contributed by atoms with Gasteiger partial charge in [-0.2, -0.15) is 0 Å². The number of hydrogen-bond donors (Lipinski definition) is 2. The maximum Gasteiger partial charge on any atom is 0.276 e. The number of rotatable bonds is 8. The summed E-state index contributed by atoms with van der Waals surface area (Å²) >= 11 is 1.67. The number of fused-ring (bicyclic) bond motifs is 1. The Kier molecular flexibility index (Phi) is 6.91. The first-order valence-corrected chi connectivity index (χ1v) is 9.73. The zero-order valence-corrected chi connectivity index (χ0v) is 15.9. The van der Waals surface area contributed by atoms with Crippen molar-refractivity contribution >= 4 is 33.4 Å². The van der Waals surface area contributed by atoms with Crippen molar-refractivity contribution < 1.29 is 18.7 Å². The minimum Gasteiger partial charge on any atom is -0.481 e. The molecule has 0 atom stereocenters. The molecule has 1 heterocycles. The van der Waals surface area contributed by atoms with Gasteiger partial charge in [0.25, 0.3) is 5.91 Å². The summed E-state index contributed by atoms with van der Waals surface area (Å²) in [4.78, 5) is 28.0. The van der Waals surface area contributed by atoms with Crippen molar-refractivity contribution in [3.63, 3.8) is 0 Å². The molecule has 3 aromatic rings. The van der Waals surface area contributed by atoms with Crippen LogP contribution >= 0.6 is 11.3 Å². The smallest absolute Gasteiger partial charge is 0.276 e. The van der Waals surface area contributed by atoms with E-state index in [1.165, 1.54) is 18.2 Å². The number of benzene rings is 2. The summed E-state index contributed by atoms with van der Waals surface area (Å²) in [6.07, 6.45) is 2.62. The number of thiazole rings is 1. The van der Waals surface area contributed by atoms with E-state index in [-0.39, 0.29) is 11.7 Å². The summed E-state index contributed by atoms with van der Waals surface area (Å²) in [5.41, 5.74) is 5.58. The molecular weight excluding hydrogens is 381 g/mol. The van der Waals surface area contributed by atoms with Crippen molar-refractivity contribution in [2.24, 2.45) is 0 Å². The van der Waals surface area contributed by atoms with Crippen LogP contribution in [0.25, 0.3) is 10.2 Å². The van der Waals surface area contributed by atoms with Gasteiger partial charge in [0.05, 0.1) is 15.2 Å². The highest BCUT2D eigenvalue weighted by Gasteiger charge is 2.08. The lowest BCUT2D eigenvalue weighted by Gasteiger charge is -2.09. The second-order valence-electron chi connectivity index (χ2n) is 6.10. The highest BCUT2D eigenvalue weighted by atomic mass is 32.1. The molecule has 0 fully saturated rings. The second-order valence-corrected chi connectivity index (χ2v) is 7.21. The first-order chi connectivity index (χ1) is 13.6. The van der Waals surface area contributed by atoms with E-state index < -0.39 is 18.3 Å². The Labute approximate surface area is 165 Å². The molecule has 0 aliphatic carbocycles. The average Bonchev–Trinajstić information content (AvgIpc) is 3.12. The van der Waals surface area contributed by atoms with Crippen LogP contribution in [0.5, 0.6) is 5.75 Å². The van der Waals surface area contributed by atoms with E-state index in [0.29, 0.717) is 12.8 Å². The number of ether oxygens (including phenoxy) is 1. The van der Waals surface area contributed by atoms with E-state index in [4.69, 9.17) is 4.74 Å². The summed E-state index contributed by atoms with van der Waals surface area (Å²) in [7, 11) is 0. The lowest BCUT2D eigenvalue weighted by molar-refractivity contribution is -0.130. The minimum absolute atomic E-state index is 0.0150. The molecule has 8 heteroatoms. The van der Waals surface area contributed by atoms with Crippen LogP contribution in [0, 0.1) is 5.82 Å². The Balaban J connectivity index is 1.30. The molecule has 0 saturated heterocycles. The van der Waals surface area contributed by atoms with Gasteiger partial charge in [-0.3, -0.25) is 20.4 Å². The van der Waals surface area contributed by atoms with Crippen LogP contribution < -0.4 is 15.6 Å². The summed E-state index contributed by atoms with van der Waals surface area (Å²) in [6.45, 7) is -0.390. The maximum atomic E-state index is 13.4. The average molecular weight is 401 g/mol. The molecule has 0 saturated carbocycles. The van der Waals surface area contributed by atoms with Crippen LogP contribution in [0.15, 0.2) is 48.5 Å². The number of aromatic nitrogens is 1. The highest BCUT2D eigenvalue weighted by Crippen LogP contribution is 2.22. The highest BCUT2D eigenvalue weighted by molar-refractivity contribution is 7.18. The minimum atomic E-state index is -0.564. The Morgan fingerprint density at radius 3 is 2.57 bits per heavy atom. The molecular formula is C20H20FN3O3S. The molecule has 0 unspecified atom stereocenters. The predicted octanol–water partition coefficient (Wildman–Crippen LogP) is 3.37. The number of nitrogens with one attached hydrogen (secondary N) is 2. The molecule has 0 radical (unpaired) electrons. The van der Waals surface area contributed by atoms with Gasteiger partial charge in [0.15, 0.2) is 18.2 Å². The number of amides is 2. The lowest BCUT2D eigenvalue weighted by Crippen LogP contribution is -2.43. The summed E-state index contributed by atoms with van der Waals surface area (Å²) in [5, 5.41) is 1.06. The zero-order valence-electron chi connectivity index (χ0n) is 15.1. The van der Waals surface area contributed by atoms with E-state index in [1.54, 1.807) is 17.4 Å². The van der Waals surface area contributed by atoms with Crippen LogP contribution in [0.1, 0.15) is 24.3 Å². The Morgan fingerprint density at radius 2 is 1.75 bits per heavy atom. The summed E-state index contributed by atoms with van der Waals surface area (Å²) in [6, 6.07) is 13.8. The molecule has 0 bridgehead atoms. The van der Waals surface area contributed by atoms with Gasteiger partial charge in [-0.05, 0) is 43.5 Å². The van der Waals surface area contributed by atoms with Gasteiger partial charge >= 0.3 is 0 Å². The van der Waals surface area contributed by atoms with E-state index in [9.17, 15) is 14.0 Å². The number of nitrogens with zero attached hydrogens (tertiary/aromatic N) is 1. The largest absolute Gasteiger partial charge is 0.481 e. The van der Waals surface area contributed by atoms with Crippen LogP contribution in [-0.4, -0.2) is 23.4 Å². The van der Waals surface area contributed by atoms with Crippen LogP contribution in [-0.2, 0) is 16.0 Å². The SMILES string of the molecule is O=C(CCCCc1nc2ccccc2s1)NNC(=O)COc1ccccc1F. The third-order valence-corrected chi connectivity index (χ3v) is 5.02. The number of halogens is 1. The van der Waals surface area contributed by atoms with Crippen LogP contribution in [0.3, 0.4) is 0 Å². The van der Waals surface area contributed by atoms with Crippen molar-refractivity contribution in [3.8, 4) is 5.75 Å². The fourth-order valence-electron chi connectivity index (χ4n) is 2.53. The molecule has 0 aliphatic heterocycles. The van der Waals surface area contributed by atoms with Crippen molar-refractivity contribution in [3.05, 3.63) is 59.4 Å². The standard InChI is InChI=1S/C20H20FN3O3S/c21-14-7-1-3-9-16(14)27-13-19(26)24-23-18(25)11-5-6-12-20-22-15-8-2-4-10-17(15)28-20/h1-4,7-10H,5-6,11-13H2,(H,23,25)(H,24,26). The van der Waals surface area contributed by atoms with Crippen LogP contribution in [0.4, 0.5) is 4.39 Å². The molecule has 146 valence electrons. The number of unbranched alkanes of at least 4 members (excludes halogenated alkanes) is 1. The van der Waals surface area contributed by atoms with Crippen LogP contribution in [0.2, 0.25) is 0 Å². The van der Waals surface area contributed by atoms with Crippen molar-refractivity contribution in [2.75, 3.05) is 6.61 Å². The Bertz CT molecular complexity index is 928. The number of hydrazine groups is 1. The van der Waals surface area contributed by atoms with E-state index in [0.717, 1.165) is 28.1 Å². The quantitative estimate of drug-likeness (QED) is 0.448. The molecule has 28 heavy (non-hydrogen) atoms. The topological polar surface area (TPSA) is 80.3 Å². The van der Waals surface area contributed by atoms with Gasteiger partial charge < -0.3 is 4.74 Å². The summed E-state index contributed by atoms with van der Waals surface area (Å²) < 4.78 is 19.6. The van der Waals surface area contributed by atoms with Gasteiger partial charge in [-0.1, -0.05) is 24.3 Å². The predicted molar refractivity (Wildman–Crippen MR) is 105 cm³/mol. The maximum absolute atomic E-state index is 13.4. The van der Waals surface area contributed by atoms with Gasteiger partial charge in [-0.15, -0.1) is 11.3 Å². The number of aryl methyl sites for hydroxylation is 1. The first kappa shape index (κ1) is 19.8. The number of para-hydroxylation sites is 2. The van der Waals surface area contributed by atoms with Gasteiger partial charge in [0.1, 0.15) is 0 Å².